The Hall–Kier alpha value is -0.540. The van der Waals surface area contributed by atoms with Gasteiger partial charge in [-0.1, -0.05) is 28.1 Å². The molecule has 0 aliphatic heterocycles. The summed E-state index contributed by atoms with van der Waals surface area (Å²) in [5.41, 5.74) is 1.28. The predicted octanol–water partition coefficient (Wildman–Crippen LogP) is 2.18. The molecule has 0 aromatic heterocycles. The lowest BCUT2D eigenvalue weighted by Crippen LogP contribution is -2.15. The number of nitrogens with one attached hydrogen (secondary N) is 1. The van der Waals surface area contributed by atoms with Gasteiger partial charge in [0.1, 0.15) is 5.75 Å². The van der Waals surface area contributed by atoms with Crippen molar-refractivity contribution < 1.29 is 4.74 Å². The van der Waals surface area contributed by atoms with Gasteiger partial charge in [-0.2, -0.15) is 0 Å². The Bertz CT molecular complexity index is 235. The molecule has 0 unspecified atom stereocenters. The number of halogens is 1. The largest absolute Gasteiger partial charge is 0.497 e. The van der Waals surface area contributed by atoms with Crippen LogP contribution in [0.2, 0.25) is 0 Å². The first kappa shape index (κ1) is 10.5. The summed E-state index contributed by atoms with van der Waals surface area (Å²) >= 11 is 3.36. The molecule has 1 aromatic rings. The second-order valence-electron chi connectivity index (χ2n) is 2.71. The number of benzene rings is 1. The molecular formula is C10H14BrNO. The van der Waals surface area contributed by atoms with Crippen LogP contribution in [0.15, 0.2) is 24.3 Å². The summed E-state index contributed by atoms with van der Waals surface area (Å²) in [6, 6.07) is 8.09. The van der Waals surface area contributed by atoms with E-state index in [1.165, 1.54) is 5.56 Å². The highest BCUT2D eigenvalue weighted by Gasteiger charge is 1.92. The van der Waals surface area contributed by atoms with Crippen molar-refractivity contribution in [3.63, 3.8) is 0 Å². The normalized spacial score (nSPS) is 10.0. The van der Waals surface area contributed by atoms with Crippen molar-refractivity contribution in [2.24, 2.45) is 0 Å². The van der Waals surface area contributed by atoms with E-state index in [9.17, 15) is 0 Å². The summed E-state index contributed by atoms with van der Waals surface area (Å²) in [6.45, 7) is 1.90. The zero-order valence-electron chi connectivity index (χ0n) is 7.72. The van der Waals surface area contributed by atoms with E-state index < -0.39 is 0 Å². The fourth-order valence-corrected chi connectivity index (χ4v) is 1.32. The van der Waals surface area contributed by atoms with Crippen LogP contribution in [0.25, 0.3) is 0 Å². The Morgan fingerprint density at radius 2 is 2.00 bits per heavy atom. The van der Waals surface area contributed by atoms with Gasteiger partial charge in [-0.3, -0.25) is 0 Å². The van der Waals surface area contributed by atoms with Crippen molar-refractivity contribution in [2.75, 3.05) is 19.0 Å². The van der Waals surface area contributed by atoms with Gasteiger partial charge in [0.2, 0.25) is 0 Å². The van der Waals surface area contributed by atoms with Gasteiger partial charge in [-0.25, -0.2) is 0 Å². The lowest BCUT2D eigenvalue weighted by atomic mass is 10.2. The van der Waals surface area contributed by atoms with E-state index in [2.05, 4.69) is 33.4 Å². The number of hydrogen-bond donors (Lipinski definition) is 1. The zero-order valence-corrected chi connectivity index (χ0v) is 9.30. The summed E-state index contributed by atoms with van der Waals surface area (Å²) in [7, 11) is 1.68. The van der Waals surface area contributed by atoms with E-state index >= 15 is 0 Å². The quantitative estimate of drug-likeness (QED) is 0.633. The lowest BCUT2D eigenvalue weighted by Gasteiger charge is -2.03. The summed E-state index contributed by atoms with van der Waals surface area (Å²) in [6.07, 6.45) is 0. The number of rotatable bonds is 5. The van der Waals surface area contributed by atoms with E-state index in [-0.39, 0.29) is 0 Å². The molecule has 0 aliphatic rings. The summed E-state index contributed by atoms with van der Waals surface area (Å²) < 4.78 is 5.07. The first-order valence-corrected chi connectivity index (χ1v) is 5.38. The Morgan fingerprint density at radius 3 is 2.54 bits per heavy atom. The van der Waals surface area contributed by atoms with Crippen LogP contribution in [0.5, 0.6) is 5.75 Å². The summed E-state index contributed by atoms with van der Waals surface area (Å²) in [5, 5.41) is 4.29. The highest BCUT2D eigenvalue weighted by molar-refractivity contribution is 9.09. The molecule has 72 valence electrons. The van der Waals surface area contributed by atoms with Crippen LogP contribution < -0.4 is 10.1 Å². The maximum Gasteiger partial charge on any atom is 0.118 e. The average Bonchev–Trinajstić information content (AvgIpc) is 2.19. The summed E-state index contributed by atoms with van der Waals surface area (Å²) in [4.78, 5) is 0. The molecule has 0 radical (unpaired) electrons. The maximum absolute atomic E-state index is 5.07. The van der Waals surface area contributed by atoms with Crippen LogP contribution in [0.1, 0.15) is 5.56 Å². The molecule has 3 heteroatoms. The third-order valence-electron chi connectivity index (χ3n) is 1.76. The van der Waals surface area contributed by atoms with E-state index in [1.807, 2.05) is 12.1 Å². The van der Waals surface area contributed by atoms with Crippen LogP contribution in [0, 0.1) is 0 Å². The Kier molecular flexibility index (Phi) is 4.86. The molecule has 0 fully saturated rings. The molecule has 0 bridgehead atoms. The zero-order chi connectivity index (χ0) is 9.52. The molecule has 1 N–H and O–H groups in total. The molecule has 0 amide bonds. The Balaban J connectivity index is 2.40. The van der Waals surface area contributed by atoms with Gasteiger partial charge in [0.25, 0.3) is 0 Å². The predicted molar refractivity (Wildman–Crippen MR) is 58.5 cm³/mol. The molecular weight excluding hydrogens is 230 g/mol. The first-order valence-electron chi connectivity index (χ1n) is 4.26. The second-order valence-corrected chi connectivity index (χ2v) is 3.51. The highest BCUT2D eigenvalue weighted by atomic mass is 79.9. The Morgan fingerprint density at radius 1 is 1.31 bits per heavy atom. The van der Waals surface area contributed by atoms with Gasteiger partial charge in [0.15, 0.2) is 0 Å². The average molecular weight is 244 g/mol. The SMILES string of the molecule is COc1ccc(CNCCBr)cc1. The molecule has 0 heterocycles. The van der Waals surface area contributed by atoms with Crippen LogP contribution >= 0.6 is 15.9 Å². The maximum atomic E-state index is 5.07. The van der Waals surface area contributed by atoms with E-state index in [4.69, 9.17) is 4.74 Å². The molecule has 2 nitrogen and oxygen atoms in total. The van der Waals surface area contributed by atoms with Crippen LogP contribution in [-0.2, 0) is 6.54 Å². The van der Waals surface area contributed by atoms with Gasteiger partial charge in [0.05, 0.1) is 7.11 Å². The van der Waals surface area contributed by atoms with Crippen molar-refractivity contribution in [1.29, 1.82) is 0 Å². The summed E-state index contributed by atoms with van der Waals surface area (Å²) in [5.74, 6) is 0.907. The van der Waals surface area contributed by atoms with E-state index in [1.54, 1.807) is 7.11 Å². The van der Waals surface area contributed by atoms with Gasteiger partial charge in [0, 0.05) is 18.4 Å². The molecule has 0 saturated carbocycles. The lowest BCUT2D eigenvalue weighted by molar-refractivity contribution is 0.414. The number of hydrogen-bond acceptors (Lipinski definition) is 2. The van der Waals surface area contributed by atoms with Crippen LogP contribution in [0.4, 0.5) is 0 Å². The standard InChI is InChI=1S/C10H14BrNO/c1-13-10-4-2-9(3-5-10)8-12-7-6-11/h2-5,12H,6-8H2,1H3. The van der Waals surface area contributed by atoms with Gasteiger partial charge in [-0.15, -0.1) is 0 Å². The minimum Gasteiger partial charge on any atom is -0.497 e. The topological polar surface area (TPSA) is 21.3 Å². The first-order chi connectivity index (χ1) is 6.36. The smallest absolute Gasteiger partial charge is 0.118 e. The van der Waals surface area contributed by atoms with Crippen molar-refractivity contribution in [3.05, 3.63) is 29.8 Å². The Labute approximate surface area is 87.4 Å². The van der Waals surface area contributed by atoms with E-state index in [0.29, 0.717) is 0 Å². The van der Waals surface area contributed by atoms with Crippen LogP contribution in [0.3, 0.4) is 0 Å². The second kappa shape index (κ2) is 6.00. The van der Waals surface area contributed by atoms with Gasteiger partial charge >= 0.3 is 0 Å². The molecule has 0 saturated heterocycles. The fraction of sp³-hybridized carbons (Fsp3) is 0.400. The molecule has 13 heavy (non-hydrogen) atoms. The van der Waals surface area contributed by atoms with E-state index in [0.717, 1.165) is 24.2 Å². The number of alkyl halides is 1. The molecule has 1 aromatic carbocycles. The number of methoxy groups -OCH3 is 1. The minimum atomic E-state index is 0.907. The monoisotopic (exact) mass is 243 g/mol. The number of ether oxygens (including phenoxy) is 1. The molecule has 0 atom stereocenters. The van der Waals surface area contributed by atoms with Gasteiger partial charge in [-0.05, 0) is 17.7 Å². The van der Waals surface area contributed by atoms with Crippen molar-refractivity contribution in [3.8, 4) is 5.75 Å². The highest BCUT2D eigenvalue weighted by Crippen LogP contribution is 2.10. The van der Waals surface area contributed by atoms with Crippen molar-refractivity contribution in [2.45, 2.75) is 6.54 Å². The fourth-order valence-electron chi connectivity index (χ4n) is 1.04. The molecule has 0 aliphatic carbocycles. The van der Waals surface area contributed by atoms with Gasteiger partial charge < -0.3 is 10.1 Å². The van der Waals surface area contributed by atoms with Crippen molar-refractivity contribution >= 4 is 15.9 Å². The van der Waals surface area contributed by atoms with Crippen LogP contribution in [-0.4, -0.2) is 19.0 Å². The molecule has 0 spiro atoms. The third-order valence-corrected chi connectivity index (χ3v) is 2.16. The minimum absolute atomic E-state index is 0.907. The van der Waals surface area contributed by atoms with Crippen molar-refractivity contribution in [1.82, 2.24) is 5.32 Å². The molecule has 1 rings (SSSR count). The third kappa shape index (κ3) is 3.79.